The molecule has 0 fully saturated rings. The topological polar surface area (TPSA) is 59.8 Å². The molecule has 0 aliphatic carbocycles. The van der Waals surface area contributed by atoms with Gasteiger partial charge < -0.3 is 5.32 Å². The number of thioether (sulfide) groups is 1. The van der Waals surface area contributed by atoms with E-state index < -0.39 is 11.7 Å². The molecule has 0 radical (unpaired) electrons. The summed E-state index contributed by atoms with van der Waals surface area (Å²) in [6, 6.07) is 12.1. The molecule has 1 N–H and O–H groups in total. The standard InChI is InChI=1S/C20H18BrF3N4OS/c1-12(2)25-17(29)11-30-19-27-26-18(15-8-3-4-9-16(15)21)28(19)14-7-5-6-13(10-14)20(22,23)24/h3-10,12H,11H2,1-2H3,(H,25,29). The number of nitrogens with zero attached hydrogens (tertiary/aromatic N) is 3. The Bertz CT molecular complexity index is 1050. The highest BCUT2D eigenvalue weighted by atomic mass is 79.9. The van der Waals surface area contributed by atoms with E-state index in [0.29, 0.717) is 16.5 Å². The van der Waals surface area contributed by atoms with Crippen LogP contribution in [0.1, 0.15) is 19.4 Å². The van der Waals surface area contributed by atoms with Crippen LogP contribution in [0.5, 0.6) is 0 Å². The molecule has 0 saturated carbocycles. The van der Waals surface area contributed by atoms with Crippen LogP contribution in [-0.4, -0.2) is 32.5 Å². The van der Waals surface area contributed by atoms with Crippen molar-refractivity contribution in [1.29, 1.82) is 0 Å². The van der Waals surface area contributed by atoms with E-state index in [4.69, 9.17) is 0 Å². The number of hydrogen-bond acceptors (Lipinski definition) is 4. The van der Waals surface area contributed by atoms with E-state index in [9.17, 15) is 18.0 Å². The van der Waals surface area contributed by atoms with Gasteiger partial charge in [-0.25, -0.2) is 0 Å². The fourth-order valence-electron chi connectivity index (χ4n) is 2.73. The second-order valence-electron chi connectivity index (χ2n) is 6.68. The summed E-state index contributed by atoms with van der Waals surface area (Å²) in [4.78, 5) is 12.0. The molecule has 3 rings (SSSR count). The van der Waals surface area contributed by atoms with Gasteiger partial charge in [0.05, 0.1) is 17.0 Å². The number of carbonyl (C=O) groups excluding carboxylic acids is 1. The number of rotatable bonds is 6. The molecule has 3 aromatic rings. The first-order chi connectivity index (χ1) is 14.2. The Balaban J connectivity index is 2.07. The van der Waals surface area contributed by atoms with Gasteiger partial charge in [-0.2, -0.15) is 13.2 Å². The van der Waals surface area contributed by atoms with Crippen LogP contribution in [0.4, 0.5) is 13.2 Å². The summed E-state index contributed by atoms with van der Waals surface area (Å²) in [5, 5.41) is 11.4. The van der Waals surface area contributed by atoms with Crippen LogP contribution in [0.2, 0.25) is 0 Å². The zero-order chi connectivity index (χ0) is 21.9. The summed E-state index contributed by atoms with van der Waals surface area (Å²) >= 11 is 4.56. The molecular formula is C20H18BrF3N4OS. The van der Waals surface area contributed by atoms with Crippen LogP contribution in [0.15, 0.2) is 58.2 Å². The van der Waals surface area contributed by atoms with E-state index in [1.165, 1.54) is 10.6 Å². The number of halogens is 4. The highest BCUT2D eigenvalue weighted by Crippen LogP contribution is 2.35. The Morgan fingerprint density at radius 1 is 1.17 bits per heavy atom. The van der Waals surface area contributed by atoms with E-state index in [1.807, 2.05) is 26.0 Å². The summed E-state index contributed by atoms with van der Waals surface area (Å²) in [6.45, 7) is 3.69. The maximum Gasteiger partial charge on any atom is 0.416 e. The van der Waals surface area contributed by atoms with Crippen molar-refractivity contribution >= 4 is 33.6 Å². The third kappa shape index (κ3) is 5.23. The molecule has 1 amide bonds. The van der Waals surface area contributed by atoms with Crippen molar-refractivity contribution in [2.45, 2.75) is 31.2 Å². The van der Waals surface area contributed by atoms with Crippen LogP contribution < -0.4 is 5.32 Å². The zero-order valence-corrected chi connectivity index (χ0v) is 18.5. The van der Waals surface area contributed by atoms with E-state index in [1.54, 1.807) is 18.2 Å². The number of hydrogen-bond donors (Lipinski definition) is 1. The maximum absolute atomic E-state index is 13.3. The second-order valence-corrected chi connectivity index (χ2v) is 8.48. The molecule has 1 heterocycles. The lowest BCUT2D eigenvalue weighted by atomic mass is 10.1. The lowest BCUT2D eigenvalue weighted by Crippen LogP contribution is -2.31. The van der Waals surface area contributed by atoms with Crippen LogP contribution in [0, 0.1) is 0 Å². The van der Waals surface area contributed by atoms with E-state index in [0.717, 1.165) is 28.4 Å². The van der Waals surface area contributed by atoms with Crippen molar-refractivity contribution in [2.75, 3.05) is 5.75 Å². The molecule has 10 heteroatoms. The monoisotopic (exact) mass is 498 g/mol. The van der Waals surface area contributed by atoms with Crippen LogP contribution in [-0.2, 0) is 11.0 Å². The average molecular weight is 499 g/mol. The van der Waals surface area contributed by atoms with Gasteiger partial charge in [-0.15, -0.1) is 10.2 Å². The molecule has 0 unspecified atom stereocenters. The lowest BCUT2D eigenvalue weighted by molar-refractivity contribution is -0.137. The molecule has 0 saturated heterocycles. The molecule has 1 aromatic heterocycles. The molecule has 0 aliphatic rings. The van der Waals surface area contributed by atoms with Gasteiger partial charge in [0.2, 0.25) is 5.91 Å². The lowest BCUT2D eigenvalue weighted by Gasteiger charge is -2.14. The molecule has 0 atom stereocenters. The second kappa shape index (κ2) is 9.22. The van der Waals surface area contributed by atoms with Crippen LogP contribution >= 0.6 is 27.7 Å². The molecule has 158 valence electrons. The van der Waals surface area contributed by atoms with E-state index in [-0.39, 0.29) is 23.4 Å². The number of aromatic nitrogens is 3. The van der Waals surface area contributed by atoms with Gasteiger partial charge in [-0.1, -0.05) is 52.0 Å². The highest BCUT2D eigenvalue weighted by molar-refractivity contribution is 9.10. The van der Waals surface area contributed by atoms with Gasteiger partial charge in [-0.3, -0.25) is 9.36 Å². The summed E-state index contributed by atoms with van der Waals surface area (Å²) in [6.07, 6.45) is -4.48. The molecule has 0 spiro atoms. The zero-order valence-electron chi connectivity index (χ0n) is 16.1. The largest absolute Gasteiger partial charge is 0.416 e. The van der Waals surface area contributed by atoms with Crippen molar-refractivity contribution in [2.24, 2.45) is 0 Å². The minimum atomic E-state index is -4.48. The van der Waals surface area contributed by atoms with Crippen molar-refractivity contribution < 1.29 is 18.0 Å². The van der Waals surface area contributed by atoms with Crippen LogP contribution in [0.3, 0.4) is 0 Å². The molecule has 0 aliphatic heterocycles. The number of nitrogens with one attached hydrogen (secondary N) is 1. The van der Waals surface area contributed by atoms with E-state index in [2.05, 4.69) is 31.4 Å². The summed E-state index contributed by atoms with van der Waals surface area (Å²) in [5.41, 5.74) is 0.147. The van der Waals surface area contributed by atoms with Crippen molar-refractivity contribution in [1.82, 2.24) is 20.1 Å². The highest BCUT2D eigenvalue weighted by Gasteiger charge is 2.31. The smallest absolute Gasteiger partial charge is 0.353 e. The molecule has 5 nitrogen and oxygen atoms in total. The Hall–Kier alpha value is -2.33. The van der Waals surface area contributed by atoms with E-state index >= 15 is 0 Å². The quantitative estimate of drug-likeness (QED) is 0.466. The minimum absolute atomic E-state index is 0.0183. The van der Waals surface area contributed by atoms with Crippen molar-refractivity contribution in [3.05, 3.63) is 58.6 Å². The van der Waals surface area contributed by atoms with Gasteiger partial charge in [0, 0.05) is 16.1 Å². The van der Waals surface area contributed by atoms with Crippen LogP contribution in [0.25, 0.3) is 17.1 Å². The summed E-state index contributed by atoms with van der Waals surface area (Å²) in [5.74, 6) is 0.232. The first-order valence-corrected chi connectivity index (χ1v) is 10.7. The molecule has 30 heavy (non-hydrogen) atoms. The minimum Gasteiger partial charge on any atom is -0.353 e. The Kier molecular flexibility index (Phi) is 6.87. The molecule has 0 bridgehead atoms. The van der Waals surface area contributed by atoms with Gasteiger partial charge in [0.25, 0.3) is 0 Å². The first-order valence-electron chi connectivity index (χ1n) is 8.97. The first kappa shape index (κ1) is 22.4. The fourth-order valence-corrected chi connectivity index (χ4v) is 3.95. The molecule has 2 aromatic carbocycles. The average Bonchev–Trinajstić information content (AvgIpc) is 3.09. The van der Waals surface area contributed by atoms with Crippen molar-refractivity contribution in [3.63, 3.8) is 0 Å². The normalized spacial score (nSPS) is 11.7. The predicted octanol–water partition coefficient (Wildman–Crippen LogP) is 5.33. The summed E-state index contributed by atoms with van der Waals surface area (Å²) < 4.78 is 42.1. The number of alkyl halides is 3. The number of carbonyl (C=O) groups is 1. The number of amides is 1. The third-order valence-corrected chi connectivity index (χ3v) is 5.58. The number of benzene rings is 2. The predicted molar refractivity (Wildman–Crippen MR) is 113 cm³/mol. The maximum atomic E-state index is 13.3. The van der Waals surface area contributed by atoms with Gasteiger partial charge in [0.15, 0.2) is 11.0 Å². The fraction of sp³-hybridized carbons (Fsp3) is 0.250. The van der Waals surface area contributed by atoms with Gasteiger partial charge in [0.1, 0.15) is 0 Å². The molecular weight excluding hydrogens is 481 g/mol. The SMILES string of the molecule is CC(C)NC(=O)CSc1nnc(-c2ccccc2Br)n1-c1cccc(C(F)(F)F)c1. The Morgan fingerprint density at radius 3 is 2.57 bits per heavy atom. The Labute approximate surface area is 184 Å². The van der Waals surface area contributed by atoms with Gasteiger partial charge in [-0.05, 0) is 38.1 Å². The summed E-state index contributed by atoms with van der Waals surface area (Å²) in [7, 11) is 0. The Morgan fingerprint density at radius 2 is 1.90 bits per heavy atom. The van der Waals surface area contributed by atoms with Gasteiger partial charge >= 0.3 is 6.18 Å². The third-order valence-electron chi connectivity index (χ3n) is 3.96. The van der Waals surface area contributed by atoms with Crippen molar-refractivity contribution in [3.8, 4) is 17.1 Å².